The number of β-lactam (4-membered cyclic amide) rings is 1. The number of amides is 1. The van der Waals surface area contributed by atoms with Crippen LogP contribution in [-0.2, 0) is 20.0 Å². The molecule has 0 saturated carbocycles. The summed E-state index contributed by atoms with van der Waals surface area (Å²) >= 11 is 8.16. The van der Waals surface area contributed by atoms with Crippen LogP contribution in [0, 0.1) is 0 Å². The van der Waals surface area contributed by atoms with Gasteiger partial charge in [-0.2, -0.15) is 0 Å². The highest BCUT2D eigenvalue weighted by Crippen LogP contribution is 2.32. The number of halogens is 1. The highest BCUT2D eigenvalue weighted by Gasteiger charge is 2.35. The molecule has 2 aromatic carbocycles. The summed E-state index contributed by atoms with van der Waals surface area (Å²) in [4.78, 5) is 26.0. The molecule has 3 rings (SSSR count). The number of carbonyl (C=O) groups excluding carboxylic acids is 2. The standard InChI is InChI=1S/C28H34ClNO4S/c1-3-5-8-23(24-9-6-7-10-25(24)29)19-33-17-15-30-26(31)18-27(30)35-20-21-11-13-22(14-12-21)28(32)34-16-4-2/h4,6-7,9-14,23,27H,2-3,5,8,15-20H2,1H3. The Morgan fingerprint density at radius 3 is 2.71 bits per heavy atom. The summed E-state index contributed by atoms with van der Waals surface area (Å²) in [5.41, 5.74) is 2.76. The molecule has 0 radical (unpaired) electrons. The molecule has 35 heavy (non-hydrogen) atoms. The minimum absolute atomic E-state index is 0.155. The summed E-state index contributed by atoms with van der Waals surface area (Å²) in [6.07, 6.45) is 5.38. The van der Waals surface area contributed by atoms with Crippen LogP contribution < -0.4 is 0 Å². The van der Waals surface area contributed by atoms with E-state index in [9.17, 15) is 9.59 Å². The van der Waals surface area contributed by atoms with Crippen LogP contribution in [0.1, 0.15) is 60.0 Å². The van der Waals surface area contributed by atoms with E-state index in [0.29, 0.717) is 31.7 Å². The minimum Gasteiger partial charge on any atom is -0.458 e. The molecule has 5 nitrogen and oxygen atoms in total. The molecule has 188 valence electrons. The summed E-state index contributed by atoms with van der Waals surface area (Å²) in [5.74, 6) is 0.840. The van der Waals surface area contributed by atoms with Crippen molar-refractivity contribution in [2.24, 2.45) is 0 Å². The molecule has 1 amide bonds. The molecule has 0 N–H and O–H groups in total. The van der Waals surface area contributed by atoms with Crippen LogP contribution in [0.3, 0.4) is 0 Å². The fourth-order valence-electron chi connectivity index (χ4n) is 3.96. The van der Waals surface area contributed by atoms with Crippen LogP contribution >= 0.6 is 23.4 Å². The van der Waals surface area contributed by atoms with Gasteiger partial charge in [0.15, 0.2) is 0 Å². The van der Waals surface area contributed by atoms with Gasteiger partial charge in [0, 0.05) is 23.2 Å². The molecule has 7 heteroatoms. The summed E-state index contributed by atoms with van der Waals surface area (Å²) < 4.78 is 11.1. The van der Waals surface area contributed by atoms with Crippen LogP contribution in [0.5, 0.6) is 0 Å². The first-order valence-corrected chi connectivity index (χ1v) is 13.6. The summed E-state index contributed by atoms with van der Waals surface area (Å²) in [7, 11) is 0. The number of hydrogen-bond acceptors (Lipinski definition) is 5. The van der Waals surface area contributed by atoms with Crippen LogP contribution in [-0.4, -0.2) is 48.5 Å². The highest BCUT2D eigenvalue weighted by atomic mass is 35.5. The number of nitrogens with zero attached hydrogens (tertiary/aromatic N) is 1. The van der Waals surface area contributed by atoms with Crippen molar-refractivity contribution in [3.63, 3.8) is 0 Å². The van der Waals surface area contributed by atoms with E-state index in [4.69, 9.17) is 21.1 Å². The molecule has 1 aliphatic rings. The van der Waals surface area contributed by atoms with E-state index in [0.717, 1.165) is 41.2 Å². The molecule has 2 unspecified atom stereocenters. The van der Waals surface area contributed by atoms with Gasteiger partial charge in [-0.1, -0.05) is 74.4 Å². The van der Waals surface area contributed by atoms with Crippen molar-refractivity contribution >= 4 is 35.2 Å². The van der Waals surface area contributed by atoms with Crippen molar-refractivity contribution in [3.8, 4) is 0 Å². The van der Waals surface area contributed by atoms with Crippen molar-refractivity contribution in [2.75, 3.05) is 26.4 Å². The predicted molar refractivity (Wildman–Crippen MR) is 143 cm³/mol. The topological polar surface area (TPSA) is 55.8 Å². The third-order valence-electron chi connectivity index (χ3n) is 6.03. The third kappa shape index (κ3) is 8.13. The Balaban J connectivity index is 1.42. The lowest BCUT2D eigenvalue weighted by molar-refractivity contribution is -0.142. The van der Waals surface area contributed by atoms with E-state index in [1.165, 1.54) is 0 Å². The van der Waals surface area contributed by atoms with Gasteiger partial charge in [0.1, 0.15) is 6.61 Å². The van der Waals surface area contributed by atoms with Crippen molar-refractivity contribution in [3.05, 3.63) is 82.9 Å². The lowest BCUT2D eigenvalue weighted by Gasteiger charge is -2.40. The molecule has 0 aromatic heterocycles. The van der Waals surface area contributed by atoms with Gasteiger partial charge < -0.3 is 14.4 Å². The normalized spacial score (nSPS) is 16.0. The van der Waals surface area contributed by atoms with Gasteiger partial charge in [0.2, 0.25) is 5.91 Å². The number of hydrogen-bond donors (Lipinski definition) is 0. The maximum Gasteiger partial charge on any atom is 0.338 e. The lowest BCUT2D eigenvalue weighted by Crippen LogP contribution is -2.52. The Bertz CT molecular complexity index is 981. The molecule has 2 aromatic rings. The van der Waals surface area contributed by atoms with E-state index >= 15 is 0 Å². The number of likely N-dealkylation sites (tertiary alicyclic amines) is 1. The summed E-state index contributed by atoms with van der Waals surface area (Å²) in [6, 6.07) is 15.4. The monoisotopic (exact) mass is 515 g/mol. The van der Waals surface area contributed by atoms with Gasteiger partial charge in [0.05, 0.1) is 30.6 Å². The molecule has 2 atom stereocenters. The average molecular weight is 516 g/mol. The number of carbonyl (C=O) groups is 2. The Kier molecular flexibility index (Phi) is 11.2. The first-order valence-electron chi connectivity index (χ1n) is 12.1. The second-order valence-corrected chi connectivity index (χ2v) is 10.1. The zero-order valence-corrected chi connectivity index (χ0v) is 21.9. The van der Waals surface area contributed by atoms with Crippen LogP contribution in [0.15, 0.2) is 61.2 Å². The van der Waals surface area contributed by atoms with Gasteiger partial charge in [-0.05, 0) is 35.7 Å². The molecule has 1 aliphatic heterocycles. The van der Waals surface area contributed by atoms with Crippen LogP contribution in [0.4, 0.5) is 0 Å². The number of esters is 1. The Morgan fingerprint density at radius 2 is 2.03 bits per heavy atom. The minimum atomic E-state index is -0.355. The Morgan fingerprint density at radius 1 is 1.26 bits per heavy atom. The van der Waals surface area contributed by atoms with Crippen LogP contribution in [0.25, 0.3) is 0 Å². The summed E-state index contributed by atoms with van der Waals surface area (Å²) in [6.45, 7) is 7.63. The largest absolute Gasteiger partial charge is 0.458 e. The van der Waals surface area contributed by atoms with Crippen molar-refractivity contribution < 1.29 is 19.1 Å². The SMILES string of the molecule is C=CCOC(=O)c1ccc(CSC2CC(=O)N2CCOCC(CCCC)c2ccccc2Cl)cc1. The van der Waals surface area contributed by atoms with E-state index in [2.05, 4.69) is 19.6 Å². The lowest BCUT2D eigenvalue weighted by atomic mass is 9.94. The highest BCUT2D eigenvalue weighted by molar-refractivity contribution is 7.99. The number of ether oxygens (including phenoxy) is 2. The van der Waals surface area contributed by atoms with Gasteiger partial charge in [-0.3, -0.25) is 4.79 Å². The second-order valence-electron chi connectivity index (χ2n) is 8.58. The maximum atomic E-state index is 12.2. The van der Waals surface area contributed by atoms with Gasteiger partial charge in [0.25, 0.3) is 0 Å². The zero-order valence-electron chi connectivity index (χ0n) is 20.3. The molecular formula is C28H34ClNO4S. The quantitative estimate of drug-likeness (QED) is 0.118. The van der Waals surface area contributed by atoms with E-state index in [-0.39, 0.29) is 29.8 Å². The number of rotatable bonds is 15. The van der Waals surface area contributed by atoms with E-state index in [1.54, 1.807) is 30.0 Å². The average Bonchev–Trinajstić information content (AvgIpc) is 2.87. The predicted octanol–water partition coefficient (Wildman–Crippen LogP) is 6.47. The van der Waals surface area contributed by atoms with Gasteiger partial charge in [-0.15, -0.1) is 11.8 Å². The first kappa shape index (κ1) is 27.3. The molecule has 1 fully saturated rings. The fourth-order valence-corrected chi connectivity index (χ4v) is 5.49. The maximum absolute atomic E-state index is 12.2. The van der Waals surface area contributed by atoms with Crippen LogP contribution in [0.2, 0.25) is 5.02 Å². The molecule has 0 bridgehead atoms. The number of unbranched alkanes of at least 4 members (excludes halogenated alkanes) is 1. The number of thioether (sulfide) groups is 1. The van der Waals surface area contributed by atoms with Crippen molar-refractivity contribution in [2.45, 2.75) is 49.7 Å². The fraction of sp³-hybridized carbons (Fsp3) is 0.429. The van der Waals surface area contributed by atoms with Gasteiger partial charge in [-0.25, -0.2) is 4.79 Å². The van der Waals surface area contributed by atoms with E-state index < -0.39 is 0 Å². The first-order chi connectivity index (χ1) is 17.0. The molecular weight excluding hydrogens is 482 g/mol. The summed E-state index contributed by atoms with van der Waals surface area (Å²) in [5, 5.41) is 0.941. The van der Waals surface area contributed by atoms with Crippen molar-refractivity contribution in [1.82, 2.24) is 4.90 Å². The molecule has 1 heterocycles. The zero-order chi connectivity index (χ0) is 25.0. The smallest absolute Gasteiger partial charge is 0.338 e. The molecule has 0 spiro atoms. The second kappa shape index (κ2) is 14.3. The number of benzene rings is 2. The molecule has 1 saturated heterocycles. The Labute approximate surface area is 217 Å². The third-order valence-corrected chi connectivity index (χ3v) is 7.68. The Hall–Kier alpha value is -2.28. The van der Waals surface area contributed by atoms with E-state index in [1.807, 2.05) is 35.2 Å². The van der Waals surface area contributed by atoms with Crippen molar-refractivity contribution in [1.29, 1.82) is 0 Å². The van der Waals surface area contributed by atoms with Gasteiger partial charge >= 0.3 is 5.97 Å². The molecule has 0 aliphatic carbocycles.